The fourth-order valence-corrected chi connectivity index (χ4v) is 1.39. The lowest BCUT2D eigenvalue weighted by molar-refractivity contribution is -0.144. The molecule has 0 saturated heterocycles. The van der Waals surface area contributed by atoms with Crippen molar-refractivity contribution in [3.05, 3.63) is 0 Å². The Balaban J connectivity index is 0. The quantitative estimate of drug-likeness (QED) is 0.701. The van der Waals surface area contributed by atoms with E-state index in [0.717, 1.165) is 6.42 Å². The first-order valence-electron chi connectivity index (χ1n) is 4.95. The molecular weight excluding hydrogens is 202 g/mol. The van der Waals surface area contributed by atoms with Gasteiger partial charge < -0.3 is 10.5 Å². The van der Waals surface area contributed by atoms with E-state index in [2.05, 4.69) is 13.8 Å². The van der Waals surface area contributed by atoms with E-state index < -0.39 is 0 Å². The van der Waals surface area contributed by atoms with Gasteiger partial charge in [0.05, 0.1) is 6.61 Å². The first-order chi connectivity index (χ1) is 6.10. The van der Waals surface area contributed by atoms with Crippen molar-refractivity contribution >= 4 is 18.4 Å². The summed E-state index contributed by atoms with van der Waals surface area (Å²) in [6.45, 7) is 7.11. The lowest BCUT2D eigenvalue weighted by Crippen LogP contribution is -2.21. The van der Waals surface area contributed by atoms with E-state index in [4.69, 9.17) is 10.5 Å². The highest BCUT2D eigenvalue weighted by molar-refractivity contribution is 5.85. The minimum Gasteiger partial charge on any atom is -0.466 e. The summed E-state index contributed by atoms with van der Waals surface area (Å²) < 4.78 is 4.86. The zero-order chi connectivity index (χ0) is 10.3. The zero-order valence-electron chi connectivity index (χ0n) is 9.29. The van der Waals surface area contributed by atoms with Crippen LogP contribution in [0.3, 0.4) is 0 Å². The van der Waals surface area contributed by atoms with Crippen LogP contribution < -0.4 is 5.73 Å². The molecule has 0 heterocycles. The second kappa shape index (κ2) is 9.28. The molecule has 0 amide bonds. The average molecular weight is 224 g/mol. The van der Waals surface area contributed by atoms with Crippen LogP contribution in [0.5, 0.6) is 0 Å². The van der Waals surface area contributed by atoms with Gasteiger partial charge in [-0.05, 0) is 31.7 Å². The summed E-state index contributed by atoms with van der Waals surface area (Å²) in [6, 6.07) is 0. The molecule has 86 valence electrons. The third-order valence-corrected chi connectivity index (χ3v) is 1.90. The summed E-state index contributed by atoms with van der Waals surface area (Å²) in [5.74, 6) is 0.737. The van der Waals surface area contributed by atoms with Crippen LogP contribution in [-0.4, -0.2) is 19.1 Å². The summed E-state index contributed by atoms with van der Waals surface area (Å²) in [7, 11) is 0. The lowest BCUT2D eigenvalue weighted by Gasteiger charge is -2.15. The molecular formula is C10H22ClNO2. The SMILES string of the molecule is CCOC(=O)CC(CN)CC(C)C.Cl. The first kappa shape index (κ1) is 16.2. The van der Waals surface area contributed by atoms with Crippen molar-refractivity contribution in [3.8, 4) is 0 Å². The van der Waals surface area contributed by atoms with Gasteiger partial charge in [-0.2, -0.15) is 0 Å². The summed E-state index contributed by atoms with van der Waals surface area (Å²) in [6.07, 6.45) is 1.46. The van der Waals surface area contributed by atoms with Gasteiger partial charge in [0.15, 0.2) is 0 Å². The predicted molar refractivity (Wildman–Crippen MR) is 60.5 cm³/mol. The van der Waals surface area contributed by atoms with E-state index in [-0.39, 0.29) is 24.3 Å². The van der Waals surface area contributed by atoms with Crippen LogP contribution in [0.1, 0.15) is 33.6 Å². The van der Waals surface area contributed by atoms with E-state index in [1.165, 1.54) is 0 Å². The smallest absolute Gasteiger partial charge is 0.306 e. The molecule has 0 rings (SSSR count). The average Bonchev–Trinajstić information content (AvgIpc) is 2.02. The number of hydrogen-bond donors (Lipinski definition) is 1. The summed E-state index contributed by atoms with van der Waals surface area (Å²) in [4.78, 5) is 11.1. The lowest BCUT2D eigenvalue weighted by atomic mass is 9.94. The number of nitrogens with two attached hydrogens (primary N) is 1. The fraction of sp³-hybridized carbons (Fsp3) is 0.900. The van der Waals surface area contributed by atoms with Gasteiger partial charge in [0, 0.05) is 6.42 Å². The number of ether oxygens (including phenoxy) is 1. The monoisotopic (exact) mass is 223 g/mol. The summed E-state index contributed by atoms with van der Waals surface area (Å²) >= 11 is 0. The minimum absolute atomic E-state index is 0. The van der Waals surface area contributed by atoms with Crippen molar-refractivity contribution in [2.45, 2.75) is 33.6 Å². The maximum atomic E-state index is 11.1. The molecule has 0 aliphatic rings. The van der Waals surface area contributed by atoms with Crippen molar-refractivity contribution in [2.75, 3.05) is 13.2 Å². The van der Waals surface area contributed by atoms with Crippen LogP contribution in [0.2, 0.25) is 0 Å². The molecule has 0 bridgehead atoms. The molecule has 0 aliphatic carbocycles. The third-order valence-electron chi connectivity index (χ3n) is 1.90. The first-order valence-corrected chi connectivity index (χ1v) is 4.95. The number of carbonyl (C=O) groups is 1. The molecule has 0 aromatic rings. The maximum Gasteiger partial charge on any atom is 0.306 e. The Hall–Kier alpha value is -0.280. The van der Waals surface area contributed by atoms with E-state index in [9.17, 15) is 4.79 Å². The molecule has 4 heteroatoms. The van der Waals surface area contributed by atoms with Crippen molar-refractivity contribution in [1.29, 1.82) is 0 Å². The number of carbonyl (C=O) groups excluding carboxylic acids is 1. The highest BCUT2D eigenvalue weighted by atomic mass is 35.5. The molecule has 2 N–H and O–H groups in total. The van der Waals surface area contributed by atoms with Gasteiger partial charge in [0.1, 0.15) is 0 Å². The molecule has 0 fully saturated rings. The van der Waals surface area contributed by atoms with Crippen LogP contribution >= 0.6 is 12.4 Å². The molecule has 1 atom stereocenters. The van der Waals surface area contributed by atoms with E-state index >= 15 is 0 Å². The predicted octanol–water partition coefficient (Wildman–Crippen LogP) is 1.98. The molecule has 0 saturated carbocycles. The number of esters is 1. The van der Waals surface area contributed by atoms with Gasteiger partial charge >= 0.3 is 5.97 Å². The van der Waals surface area contributed by atoms with Crippen molar-refractivity contribution in [1.82, 2.24) is 0 Å². The molecule has 3 nitrogen and oxygen atoms in total. The van der Waals surface area contributed by atoms with E-state index in [1.807, 2.05) is 6.92 Å². The Kier molecular flexibility index (Phi) is 10.7. The van der Waals surface area contributed by atoms with Gasteiger partial charge in [0.25, 0.3) is 0 Å². The van der Waals surface area contributed by atoms with Crippen molar-refractivity contribution in [3.63, 3.8) is 0 Å². The van der Waals surface area contributed by atoms with Crippen LogP contribution in [0.4, 0.5) is 0 Å². The van der Waals surface area contributed by atoms with Gasteiger partial charge in [-0.25, -0.2) is 0 Å². The molecule has 14 heavy (non-hydrogen) atoms. The van der Waals surface area contributed by atoms with Crippen molar-refractivity contribution < 1.29 is 9.53 Å². The van der Waals surface area contributed by atoms with E-state index in [1.54, 1.807) is 0 Å². The normalized spacial score (nSPS) is 12.1. The van der Waals surface area contributed by atoms with E-state index in [0.29, 0.717) is 25.5 Å². The molecule has 0 aliphatic heterocycles. The number of hydrogen-bond acceptors (Lipinski definition) is 3. The summed E-state index contributed by atoms with van der Waals surface area (Å²) in [5.41, 5.74) is 5.56. The fourth-order valence-electron chi connectivity index (χ4n) is 1.39. The second-order valence-electron chi connectivity index (χ2n) is 3.74. The van der Waals surface area contributed by atoms with Gasteiger partial charge in [-0.3, -0.25) is 4.79 Å². The number of halogens is 1. The minimum atomic E-state index is -0.126. The zero-order valence-corrected chi connectivity index (χ0v) is 10.1. The highest BCUT2D eigenvalue weighted by Crippen LogP contribution is 2.14. The third kappa shape index (κ3) is 8.32. The van der Waals surface area contributed by atoms with Gasteiger partial charge in [0.2, 0.25) is 0 Å². The Morgan fingerprint density at radius 3 is 2.36 bits per heavy atom. The standard InChI is InChI=1S/C10H21NO2.ClH/c1-4-13-10(12)6-9(7-11)5-8(2)3;/h8-9H,4-7,11H2,1-3H3;1H. The highest BCUT2D eigenvalue weighted by Gasteiger charge is 2.14. The Morgan fingerprint density at radius 1 is 1.43 bits per heavy atom. The Bertz CT molecular complexity index is 151. The topological polar surface area (TPSA) is 52.3 Å². The molecule has 0 aromatic carbocycles. The molecule has 0 spiro atoms. The largest absolute Gasteiger partial charge is 0.466 e. The molecule has 0 radical (unpaired) electrons. The molecule has 1 unspecified atom stereocenters. The van der Waals surface area contributed by atoms with Crippen molar-refractivity contribution in [2.24, 2.45) is 17.6 Å². The number of rotatable bonds is 6. The summed E-state index contributed by atoms with van der Waals surface area (Å²) in [5, 5.41) is 0. The van der Waals surface area contributed by atoms with Gasteiger partial charge in [-0.15, -0.1) is 12.4 Å². The van der Waals surface area contributed by atoms with Crippen LogP contribution in [0, 0.1) is 11.8 Å². The molecule has 0 aromatic heterocycles. The van der Waals surface area contributed by atoms with Gasteiger partial charge in [-0.1, -0.05) is 13.8 Å². The van der Waals surface area contributed by atoms with Crippen LogP contribution in [0.25, 0.3) is 0 Å². The van der Waals surface area contributed by atoms with Crippen LogP contribution in [-0.2, 0) is 9.53 Å². The second-order valence-corrected chi connectivity index (χ2v) is 3.74. The maximum absolute atomic E-state index is 11.1. The van der Waals surface area contributed by atoms with Crippen LogP contribution in [0.15, 0.2) is 0 Å². The Morgan fingerprint density at radius 2 is 2.00 bits per heavy atom. The Labute approximate surface area is 92.8 Å².